The average Bonchev–Trinajstić information content (AvgIpc) is 4.20. The molecule has 0 aliphatic carbocycles. The number of aromatic nitrogens is 4. The molecule has 328 valence electrons. The SMILES string of the molecule is [2H]c1c([2H])c([2H])c(-c2cccc(-c3c([2H])c([2H])c([2H])c([2H])c3[2H])c2-[n+]2[c-]n(-c3cccc(Oc4ccc5c6cccc7c8ccccc8c8ccccc8c8c(C(C)(C)C)ccnc8n(c5c4)c76)c3)c3ccccc32)c([2H])c1[2H]. The molecule has 0 fully saturated rings. The van der Waals surface area contributed by atoms with Crippen molar-refractivity contribution in [3.05, 3.63) is 236 Å². The summed E-state index contributed by atoms with van der Waals surface area (Å²) in [5.41, 5.74) is 5.73. The predicted octanol–water partition coefficient (Wildman–Crippen LogP) is 16.1. The highest BCUT2D eigenvalue weighted by Crippen LogP contribution is 2.42. The summed E-state index contributed by atoms with van der Waals surface area (Å²) >= 11 is 0. The lowest BCUT2D eigenvalue weighted by atomic mass is 9.84. The summed E-state index contributed by atoms with van der Waals surface area (Å²) in [6.45, 7) is 6.72. The molecule has 13 rings (SSSR count). The van der Waals surface area contributed by atoms with Crippen molar-refractivity contribution in [1.82, 2.24) is 14.0 Å². The van der Waals surface area contributed by atoms with Gasteiger partial charge >= 0.3 is 0 Å². The largest absolute Gasteiger partial charge is 0.458 e. The third-order valence-corrected chi connectivity index (χ3v) is 13.1. The fourth-order valence-corrected chi connectivity index (χ4v) is 10.1. The molecule has 9 aromatic carbocycles. The lowest BCUT2D eigenvalue weighted by molar-refractivity contribution is -0.571. The molecular weight excluding hydrogens is 841 g/mol. The summed E-state index contributed by atoms with van der Waals surface area (Å²) in [6.07, 6.45) is 5.39. The summed E-state index contributed by atoms with van der Waals surface area (Å²) in [5, 5.41) is 8.70. The second-order valence-corrected chi connectivity index (χ2v) is 18.2. The molecule has 5 heteroatoms. The number of imidazole rings is 1. The molecule has 0 spiro atoms. The van der Waals surface area contributed by atoms with E-state index in [1.165, 1.54) is 5.56 Å². The summed E-state index contributed by atoms with van der Waals surface area (Å²) in [6, 6.07) is 46.5. The van der Waals surface area contributed by atoms with Crippen molar-refractivity contribution in [1.29, 1.82) is 0 Å². The molecule has 13 aromatic rings. The Hall–Kier alpha value is -8.80. The zero-order valence-electron chi connectivity index (χ0n) is 47.8. The van der Waals surface area contributed by atoms with Gasteiger partial charge in [-0.2, -0.15) is 0 Å². The van der Waals surface area contributed by atoms with Gasteiger partial charge < -0.3 is 4.74 Å². The van der Waals surface area contributed by atoms with Crippen LogP contribution >= 0.6 is 0 Å². The maximum Gasteiger partial charge on any atom is 0.269 e. The first-order valence-electron chi connectivity index (χ1n) is 27.8. The Balaban J connectivity index is 1.02. The Morgan fingerprint density at radius 3 is 1.83 bits per heavy atom. The molecule has 5 nitrogen and oxygen atoms in total. The van der Waals surface area contributed by atoms with E-state index in [1.54, 1.807) is 22.8 Å². The van der Waals surface area contributed by atoms with Crippen LogP contribution in [0.25, 0.3) is 104 Å². The van der Waals surface area contributed by atoms with E-state index >= 15 is 0 Å². The standard InChI is InChI=1S/C64H46N4O/c1-64(2,3)56-37-38-65-63-60(56)53-28-13-12-26-50(53)49-25-10-11-27-51(49)54-31-18-32-55-52-36-35-46(40-59(52)68(63)62(54)55)69-45-24-16-23-44(39-45)66-41-67(58-34-15-14-33-57(58)66)61-47(42-19-6-4-7-20-42)29-17-30-48(61)43-21-8-5-9-22-43/h4-40H,1-3H3/i4D,5D,6D,7D,8D,9D,19D,20D,21D,22D. The van der Waals surface area contributed by atoms with Gasteiger partial charge in [-0.3, -0.25) is 13.5 Å². The van der Waals surface area contributed by atoms with Crippen molar-refractivity contribution in [2.24, 2.45) is 0 Å². The molecule has 0 N–H and O–H groups in total. The minimum Gasteiger partial charge on any atom is -0.458 e. The summed E-state index contributed by atoms with van der Waals surface area (Å²) in [5.74, 6) is 1.08. The van der Waals surface area contributed by atoms with E-state index < -0.39 is 60.4 Å². The van der Waals surface area contributed by atoms with Crippen molar-refractivity contribution in [3.8, 4) is 45.1 Å². The van der Waals surface area contributed by atoms with Gasteiger partial charge in [-0.1, -0.05) is 196 Å². The highest BCUT2D eigenvalue weighted by atomic mass is 16.5. The van der Waals surface area contributed by atoms with Gasteiger partial charge in [-0.15, -0.1) is 0 Å². The van der Waals surface area contributed by atoms with Gasteiger partial charge in [0.15, 0.2) is 0 Å². The fraction of sp³-hybridized carbons (Fsp3) is 0.0625. The summed E-state index contributed by atoms with van der Waals surface area (Å²) in [7, 11) is 0. The summed E-state index contributed by atoms with van der Waals surface area (Å²) < 4.78 is 100. The van der Waals surface area contributed by atoms with Crippen LogP contribution in [0.1, 0.15) is 40.0 Å². The second-order valence-electron chi connectivity index (χ2n) is 18.2. The maximum absolute atomic E-state index is 9.08. The molecule has 69 heavy (non-hydrogen) atoms. The molecular formula is C64H46N4O. The van der Waals surface area contributed by atoms with Gasteiger partial charge in [0.25, 0.3) is 6.33 Å². The number of hydrogen-bond acceptors (Lipinski definition) is 2. The number of hydrogen-bond donors (Lipinski definition) is 0. The molecule has 0 unspecified atom stereocenters. The maximum atomic E-state index is 9.08. The molecule has 4 heterocycles. The van der Waals surface area contributed by atoms with Crippen molar-refractivity contribution in [3.63, 3.8) is 0 Å². The Labute approximate surface area is 414 Å². The highest BCUT2D eigenvalue weighted by molar-refractivity contribution is 6.25. The van der Waals surface area contributed by atoms with Crippen molar-refractivity contribution >= 4 is 70.8 Å². The number of nitrogens with zero attached hydrogens (tertiary/aromatic N) is 4. The number of rotatable bonds is 6. The van der Waals surface area contributed by atoms with Gasteiger partial charge in [-0.25, -0.2) is 4.98 Å². The first-order valence-corrected chi connectivity index (χ1v) is 22.8. The fourth-order valence-electron chi connectivity index (χ4n) is 10.1. The van der Waals surface area contributed by atoms with Crippen LogP contribution in [-0.2, 0) is 5.41 Å². The Bertz CT molecular complexity index is 4680. The van der Waals surface area contributed by atoms with E-state index in [9.17, 15) is 0 Å². The van der Waals surface area contributed by atoms with Gasteiger partial charge in [0.1, 0.15) is 17.1 Å². The smallest absolute Gasteiger partial charge is 0.269 e. The third-order valence-electron chi connectivity index (χ3n) is 13.1. The molecule has 0 saturated carbocycles. The number of fused-ring (bicyclic) bond motifs is 11. The van der Waals surface area contributed by atoms with Crippen molar-refractivity contribution < 1.29 is 23.0 Å². The molecule has 0 aliphatic rings. The monoisotopic (exact) mass is 896 g/mol. The first-order chi connectivity index (χ1) is 38.0. The zero-order valence-corrected chi connectivity index (χ0v) is 37.8. The lowest BCUT2D eigenvalue weighted by Gasteiger charge is -2.21. The first kappa shape index (κ1) is 31.2. The molecule has 0 aliphatic heterocycles. The van der Waals surface area contributed by atoms with E-state index in [0.717, 1.165) is 59.8 Å². The minimum absolute atomic E-state index is 0.133. The molecule has 0 atom stereocenters. The van der Waals surface area contributed by atoms with Crippen LogP contribution in [0.4, 0.5) is 0 Å². The zero-order chi connectivity index (χ0) is 54.9. The second kappa shape index (κ2) is 15.9. The number of pyridine rings is 1. The van der Waals surface area contributed by atoms with Crippen LogP contribution in [0.3, 0.4) is 0 Å². The average molecular weight is 897 g/mol. The molecule has 0 radical (unpaired) electrons. The Morgan fingerprint density at radius 1 is 0.536 bits per heavy atom. The van der Waals surface area contributed by atoms with E-state index in [0.29, 0.717) is 28.2 Å². The predicted molar refractivity (Wildman–Crippen MR) is 285 cm³/mol. The van der Waals surface area contributed by atoms with Gasteiger partial charge in [0, 0.05) is 33.8 Å². The Kier molecular flexibility index (Phi) is 7.21. The van der Waals surface area contributed by atoms with Crippen LogP contribution in [0.15, 0.2) is 224 Å². The van der Waals surface area contributed by atoms with E-state index in [2.05, 4.69) is 116 Å². The Morgan fingerprint density at radius 2 is 1.12 bits per heavy atom. The number of benzene rings is 9. The third kappa shape index (κ3) is 6.61. The van der Waals surface area contributed by atoms with E-state index in [4.69, 9.17) is 23.4 Å². The van der Waals surface area contributed by atoms with Crippen LogP contribution in [0.5, 0.6) is 11.5 Å². The molecule has 4 aromatic heterocycles. The molecule has 0 amide bonds. The van der Waals surface area contributed by atoms with Crippen LogP contribution in [0.2, 0.25) is 0 Å². The normalized spacial score (nSPS) is 14.0. The highest BCUT2D eigenvalue weighted by Gasteiger charge is 2.23. The molecule has 0 bridgehead atoms. The van der Waals surface area contributed by atoms with Gasteiger partial charge in [0.05, 0.1) is 47.1 Å². The van der Waals surface area contributed by atoms with Crippen LogP contribution < -0.4 is 9.30 Å². The van der Waals surface area contributed by atoms with Crippen LogP contribution in [0, 0.1) is 6.33 Å². The number of para-hydroxylation sites is 4. The minimum atomic E-state index is -0.568. The van der Waals surface area contributed by atoms with E-state index in [1.807, 2.05) is 65.4 Å². The van der Waals surface area contributed by atoms with Gasteiger partial charge in [-0.05, 0) is 91.2 Å². The van der Waals surface area contributed by atoms with E-state index in [-0.39, 0.29) is 33.4 Å². The lowest BCUT2D eigenvalue weighted by Crippen LogP contribution is -2.31. The van der Waals surface area contributed by atoms with Crippen molar-refractivity contribution in [2.45, 2.75) is 26.2 Å². The van der Waals surface area contributed by atoms with Gasteiger partial charge in [0.2, 0.25) is 0 Å². The molecule has 0 saturated heterocycles. The topological polar surface area (TPSA) is 35.3 Å². The van der Waals surface area contributed by atoms with Crippen molar-refractivity contribution in [2.75, 3.05) is 0 Å². The quantitative estimate of drug-likeness (QED) is 0.123. The summed E-state index contributed by atoms with van der Waals surface area (Å²) in [4.78, 5) is 5.27. The number of ether oxygens (including phenoxy) is 1. The van der Waals surface area contributed by atoms with Crippen LogP contribution in [-0.4, -0.2) is 14.0 Å².